The number of allylic oxidation sites excluding steroid dienone is 2. The van der Waals surface area contributed by atoms with Crippen LogP contribution in [0.15, 0.2) is 91.3 Å². The number of carbonyl (C=O) groups is 1. The average Bonchev–Trinajstić information content (AvgIpc) is 2.79. The van der Waals surface area contributed by atoms with E-state index >= 15 is 0 Å². The maximum Gasteiger partial charge on any atom is 0.229 e. The molecule has 1 aliphatic rings. The van der Waals surface area contributed by atoms with Crippen molar-refractivity contribution < 1.29 is 13.2 Å². The quantitative estimate of drug-likeness (QED) is 0.598. The summed E-state index contributed by atoms with van der Waals surface area (Å²) in [7, 11) is -3.37. The summed E-state index contributed by atoms with van der Waals surface area (Å²) < 4.78 is 25.4. The molecule has 6 nitrogen and oxygen atoms in total. The van der Waals surface area contributed by atoms with E-state index in [1.54, 1.807) is 30.5 Å². The third kappa shape index (κ3) is 4.73. The molecule has 0 fully saturated rings. The average molecular weight is 432 g/mol. The van der Waals surface area contributed by atoms with E-state index in [2.05, 4.69) is 9.71 Å². The normalized spacial score (nSPS) is 16.3. The van der Waals surface area contributed by atoms with E-state index in [1.807, 2.05) is 65.7 Å². The minimum absolute atomic E-state index is 0.464. The third-order valence-corrected chi connectivity index (χ3v) is 5.48. The zero-order valence-electron chi connectivity index (χ0n) is 16.8. The van der Waals surface area contributed by atoms with Gasteiger partial charge < -0.3 is 9.69 Å². The number of aromatic nitrogens is 1. The van der Waals surface area contributed by atoms with Crippen LogP contribution in [0, 0.1) is 0 Å². The minimum atomic E-state index is -3.37. The van der Waals surface area contributed by atoms with Gasteiger partial charge in [-0.15, -0.1) is 0 Å². The fraction of sp³-hybridized carbons (Fsp3) is 0.0833. The number of anilines is 2. The lowest BCUT2D eigenvalue weighted by Gasteiger charge is -2.33. The molecule has 1 unspecified atom stereocenters. The van der Waals surface area contributed by atoms with Crippen molar-refractivity contribution >= 4 is 38.8 Å². The number of sulfonamides is 1. The van der Waals surface area contributed by atoms with Crippen molar-refractivity contribution in [1.29, 1.82) is 0 Å². The van der Waals surface area contributed by atoms with Gasteiger partial charge >= 0.3 is 0 Å². The zero-order chi connectivity index (χ0) is 21.8. The number of carbonyl (C=O) groups excluding carboxylic acids is 1. The van der Waals surface area contributed by atoms with Gasteiger partial charge in [-0.1, -0.05) is 36.4 Å². The van der Waals surface area contributed by atoms with Crippen molar-refractivity contribution in [2.24, 2.45) is 0 Å². The van der Waals surface area contributed by atoms with Crippen LogP contribution in [-0.2, 0) is 14.8 Å². The summed E-state index contributed by atoms with van der Waals surface area (Å²) in [5.74, 6) is 0. The van der Waals surface area contributed by atoms with Crippen LogP contribution in [0.5, 0.6) is 0 Å². The number of para-hydroxylation sites is 1. The molecule has 0 spiro atoms. The SMILES string of the molecule is CS(=O)(=O)Nc1ccc(C2=CC(c3ccccn3)=CN(c3ccccc3)C2C=O)cc1. The monoisotopic (exact) mass is 431 g/mol. The van der Waals surface area contributed by atoms with Crippen LogP contribution in [-0.4, -0.2) is 32.0 Å². The molecule has 7 heteroatoms. The Morgan fingerprint density at radius 2 is 1.68 bits per heavy atom. The van der Waals surface area contributed by atoms with Crippen LogP contribution in [0.4, 0.5) is 11.4 Å². The first-order valence-corrected chi connectivity index (χ1v) is 11.6. The lowest BCUT2D eigenvalue weighted by Crippen LogP contribution is -2.35. The molecule has 2 aromatic carbocycles. The molecule has 156 valence electrons. The molecule has 4 rings (SSSR count). The van der Waals surface area contributed by atoms with Crippen LogP contribution in [0.25, 0.3) is 11.1 Å². The Balaban J connectivity index is 1.80. The van der Waals surface area contributed by atoms with Crippen molar-refractivity contribution in [1.82, 2.24) is 4.98 Å². The first-order chi connectivity index (χ1) is 14.9. The molecule has 2 heterocycles. The maximum atomic E-state index is 12.2. The molecule has 0 aliphatic carbocycles. The van der Waals surface area contributed by atoms with Crippen LogP contribution in [0.1, 0.15) is 11.3 Å². The van der Waals surface area contributed by atoms with E-state index in [0.717, 1.165) is 40.6 Å². The Hall–Kier alpha value is -3.71. The highest BCUT2D eigenvalue weighted by molar-refractivity contribution is 7.92. The van der Waals surface area contributed by atoms with Crippen molar-refractivity contribution in [3.8, 4) is 0 Å². The number of nitrogens with zero attached hydrogens (tertiary/aromatic N) is 2. The predicted octanol–water partition coefficient (Wildman–Crippen LogP) is 3.97. The van der Waals surface area contributed by atoms with Gasteiger partial charge in [-0.2, -0.15) is 0 Å². The van der Waals surface area contributed by atoms with Crippen LogP contribution < -0.4 is 9.62 Å². The van der Waals surface area contributed by atoms with E-state index in [-0.39, 0.29) is 0 Å². The molecule has 1 aromatic heterocycles. The van der Waals surface area contributed by atoms with Gasteiger partial charge in [0, 0.05) is 29.3 Å². The second kappa shape index (κ2) is 8.57. The molecule has 31 heavy (non-hydrogen) atoms. The molecule has 0 amide bonds. The number of nitrogens with one attached hydrogen (secondary N) is 1. The largest absolute Gasteiger partial charge is 0.333 e. The molecule has 3 aromatic rings. The van der Waals surface area contributed by atoms with Crippen molar-refractivity contribution in [3.63, 3.8) is 0 Å². The second-order valence-corrected chi connectivity index (χ2v) is 8.92. The molecule has 0 bridgehead atoms. The highest BCUT2D eigenvalue weighted by Crippen LogP contribution is 2.35. The Morgan fingerprint density at radius 1 is 0.968 bits per heavy atom. The standard InChI is InChI=1S/C24H21N3O3S/c1-31(29,30)26-20-12-10-18(11-13-20)22-15-19(23-9-5-6-14-25-23)16-27(24(22)17-28)21-7-3-2-4-8-21/h2-17,24,26H,1H3. The molecule has 1 aliphatic heterocycles. The molecule has 0 saturated carbocycles. The van der Waals surface area contributed by atoms with Crippen molar-refractivity contribution in [3.05, 3.63) is 103 Å². The van der Waals surface area contributed by atoms with E-state index in [9.17, 15) is 13.2 Å². The fourth-order valence-corrected chi connectivity index (χ4v) is 4.08. The molecular weight excluding hydrogens is 410 g/mol. The van der Waals surface area contributed by atoms with Gasteiger partial charge in [-0.25, -0.2) is 8.42 Å². The van der Waals surface area contributed by atoms with E-state index in [1.165, 1.54) is 0 Å². The number of benzene rings is 2. The summed E-state index contributed by atoms with van der Waals surface area (Å²) >= 11 is 0. The molecule has 0 radical (unpaired) electrons. The Morgan fingerprint density at radius 3 is 2.29 bits per heavy atom. The third-order valence-electron chi connectivity index (χ3n) is 4.87. The minimum Gasteiger partial charge on any atom is -0.333 e. The first kappa shape index (κ1) is 20.6. The second-order valence-electron chi connectivity index (χ2n) is 7.17. The number of aldehydes is 1. The number of hydrogen-bond donors (Lipinski definition) is 1. The molecule has 1 atom stereocenters. The van der Waals surface area contributed by atoms with Crippen LogP contribution in [0.2, 0.25) is 0 Å². The summed E-state index contributed by atoms with van der Waals surface area (Å²) in [5.41, 5.74) is 4.63. The van der Waals surface area contributed by atoms with E-state index < -0.39 is 16.1 Å². The summed E-state index contributed by atoms with van der Waals surface area (Å²) in [6, 6.07) is 21.8. The fourth-order valence-electron chi connectivity index (χ4n) is 3.52. The van der Waals surface area contributed by atoms with Gasteiger partial charge in [-0.3, -0.25) is 9.71 Å². The Labute approximate surface area is 181 Å². The Bertz CT molecular complexity index is 1240. The van der Waals surface area contributed by atoms with E-state index in [0.29, 0.717) is 5.69 Å². The highest BCUT2D eigenvalue weighted by atomic mass is 32.2. The molecule has 1 N–H and O–H groups in total. The van der Waals surface area contributed by atoms with Gasteiger partial charge in [-0.05, 0) is 53.6 Å². The summed E-state index contributed by atoms with van der Waals surface area (Å²) in [5, 5.41) is 0. The van der Waals surface area contributed by atoms with Gasteiger partial charge in [0.15, 0.2) is 0 Å². The van der Waals surface area contributed by atoms with E-state index in [4.69, 9.17) is 0 Å². The lowest BCUT2D eigenvalue weighted by molar-refractivity contribution is -0.107. The Kier molecular flexibility index (Phi) is 5.68. The van der Waals surface area contributed by atoms with Gasteiger partial charge in [0.05, 0.1) is 11.9 Å². The highest BCUT2D eigenvalue weighted by Gasteiger charge is 2.27. The number of rotatable bonds is 6. The van der Waals surface area contributed by atoms with Crippen molar-refractivity contribution in [2.45, 2.75) is 6.04 Å². The summed E-state index contributed by atoms with van der Waals surface area (Å²) in [4.78, 5) is 18.6. The summed E-state index contributed by atoms with van der Waals surface area (Å²) in [6.07, 6.45) is 7.63. The number of hydrogen-bond acceptors (Lipinski definition) is 5. The predicted molar refractivity (Wildman–Crippen MR) is 124 cm³/mol. The molecule has 0 saturated heterocycles. The maximum absolute atomic E-state index is 12.2. The zero-order valence-corrected chi connectivity index (χ0v) is 17.7. The first-order valence-electron chi connectivity index (χ1n) is 9.66. The topological polar surface area (TPSA) is 79.4 Å². The number of pyridine rings is 1. The summed E-state index contributed by atoms with van der Waals surface area (Å²) in [6.45, 7) is 0. The smallest absolute Gasteiger partial charge is 0.229 e. The lowest BCUT2D eigenvalue weighted by atomic mass is 9.91. The van der Waals surface area contributed by atoms with Gasteiger partial charge in [0.1, 0.15) is 12.3 Å². The van der Waals surface area contributed by atoms with Gasteiger partial charge in [0.25, 0.3) is 0 Å². The van der Waals surface area contributed by atoms with Crippen molar-refractivity contribution in [2.75, 3.05) is 15.9 Å². The van der Waals surface area contributed by atoms with Gasteiger partial charge in [0.2, 0.25) is 10.0 Å². The molecular formula is C24H21N3O3S. The van der Waals surface area contributed by atoms with Crippen LogP contribution in [0.3, 0.4) is 0 Å². The van der Waals surface area contributed by atoms with Crippen LogP contribution >= 0.6 is 0 Å².